The summed E-state index contributed by atoms with van der Waals surface area (Å²) >= 11 is 0. The van der Waals surface area contributed by atoms with Crippen molar-refractivity contribution in [3.63, 3.8) is 0 Å². The Hall–Kier alpha value is -1.88. The van der Waals surface area contributed by atoms with Gasteiger partial charge in [0.2, 0.25) is 5.88 Å². The fourth-order valence-corrected chi connectivity index (χ4v) is 1.47. The van der Waals surface area contributed by atoms with Gasteiger partial charge in [-0.15, -0.1) is 0 Å². The van der Waals surface area contributed by atoms with E-state index < -0.39 is 0 Å². The van der Waals surface area contributed by atoms with Crippen LogP contribution in [-0.4, -0.2) is 20.8 Å². The Morgan fingerprint density at radius 3 is 2.72 bits per heavy atom. The SMILES string of the molecule is CC(C)NCc1ccc(Oc2cnn(C)c2)nc1. The van der Waals surface area contributed by atoms with Crippen molar-refractivity contribution in [2.24, 2.45) is 7.05 Å². The molecule has 0 unspecified atom stereocenters. The molecule has 1 N–H and O–H groups in total. The molecule has 0 aromatic carbocycles. The van der Waals surface area contributed by atoms with Crippen molar-refractivity contribution < 1.29 is 4.74 Å². The topological polar surface area (TPSA) is 52.0 Å². The average Bonchev–Trinajstić information content (AvgIpc) is 2.74. The Morgan fingerprint density at radius 2 is 2.17 bits per heavy atom. The van der Waals surface area contributed by atoms with E-state index in [0.717, 1.165) is 12.1 Å². The van der Waals surface area contributed by atoms with Crippen LogP contribution in [0.3, 0.4) is 0 Å². The number of hydrogen-bond donors (Lipinski definition) is 1. The van der Waals surface area contributed by atoms with Gasteiger partial charge in [-0.3, -0.25) is 4.68 Å². The molecule has 2 aromatic heterocycles. The Kier molecular flexibility index (Phi) is 3.94. The smallest absolute Gasteiger partial charge is 0.219 e. The van der Waals surface area contributed by atoms with Crippen molar-refractivity contribution in [2.75, 3.05) is 0 Å². The number of aromatic nitrogens is 3. The Bertz CT molecular complexity index is 490. The van der Waals surface area contributed by atoms with Gasteiger partial charge in [0.15, 0.2) is 5.75 Å². The van der Waals surface area contributed by atoms with Gasteiger partial charge in [-0.25, -0.2) is 4.98 Å². The summed E-state index contributed by atoms with van der Waals surface area (Å²) in [5, 5.41) is 7.37. The summed E-state index contributed by atoms with van der Waals surface area (Å²) in [6, 6.07) is 4.34. The second-order valence-corrected chi connectivity index (χ2v) is 4.49. The quantitative estimate of drug-likeness (QED) is 0.877. The third-order valence-corrected chi connectivity index (χ3v) is 2.42. The number of nitrogens with zero attached hydrogens (tertiary/aromatic N) is 3. The minimum Gasteiger partial charge on any atom is -0.436 e. The highest BCUT2D eigenvalue weighted by atomic mass is 16.5. The van der Waals surface area contributed by atoms with Crippen LogP contribution >= 0.6 is 0 Å². The summed E-state index contributed by atoms with van der Waals surface area (Å²) in [4.78, 5) is 4.26. The molecular formula is C13H18N4O. The van der Waals surface area contributed by atoms with E-state index in [2.05, 4.69) is 29.2 Å². The molecule has 0 saturated heterocycles. The van der Waals surface area contributed by atoms with E-state index in [4.69, 9.17) is 4.74 Å². The highest BCUT2D eigenvalue weighted by Crippen LogP contribution is 2.17. The second kappa shape index (κ2) is 5.64. The summed E-state index contributed by atoms with van der Waals surface area (Å²) in [6.45, 7) is 5.05. The molecule has 5 heteroatoms. The maximum absolute atomic E-state index is 5.56. The lowest BCUT2D eigenvalue weighted by Gasteiger charge is -2.08. The predicted octanol–water partition coefficient (Wildman–Crippen LogP) is 2.11. The first kappa shape index (κ1) is 12.6. The normalized spacial score (nSPS) is 10.9. The van der Waals surface area contributed by atoms with Crippen molar-refractivity contribution >= 4 is 0 Å². The molecule has 2 heterocycles. The van der Waals surface area contributed by atoms with Gasteiger partial charge in [-0.2, -0.15) is 5.10 Å². The summed E-state index contributed by atoms with van der Waals surface area (Å²) in [7, 11) is 1.85. The van der Waals surface area contributed by atoms with Crippen molar-refractivity contribution in [1.82, 2.24) is 20.1 Å². The first-order chi connectivity index (χ1) is 8.63. The lowest BCUT2D eigenvalue weighted by atomic mass is 10.2. The zero-order chi connectivity index (χ0) is 13.0. The van der Waals surface area contributed by atoms with Crippen LogP contribution < -0.4 is 10.1 Å². The summed E-state index contributed by atoms with van der Waals surface area (Å²) in [5.41, 5.74) is 1.14. The zero-order valence-electron chi connectivity index (χ0n) is 10.9. The summed E-state index contributed by atoms with van der Waals surface area (Å²) < 4.78 is 7.26. The molecule has 96 valence electrons. The molecule has 0 spiro atoms. The number of ether oxygens (including phenoxy) is 1. The Morgan fingerprint density at radius 1 is 1.33 bits per heavy atom. The van der Waals surface area contributed by atoms with Crippen LogP contribution in [0.1, 0.15) is 19.4 Å². The third kappa shape index (κ3) is 3.56. The fourth-order valence-electron chi connectivity index (χ4n) is 1.47. The van der Waals surface area contributed by atoms with Crippen LogP contribution in [0.4, 0.5) is 0 Å². The molecule has 2 aromatic rings. The standard InChI is InChI=1S/C13H18N4O/c1-10(2)14-6-11-4-5-13(15-7-11)18-12-8-16-17(3)9-12/h4-5,7-10,14H,6H2,1-3H3. The molecule has 0 aliphatic heterocycles. The van der Waals surface area contributed by atoms with Crippen LogP contribution in [0.5, 0.6) is 11.6 Å². The molecule has 0 amide bonds. The van der Waals surface area contributed by atoms with Crippen molar-refractivity contribution in [3.05, 3.63) is 36.3 Å². The van der Waals surface area contributed by atoms with E-state index in [9.17, 15) is 0 Å². The van der Waals surface area contributed by atoms with E-state index in [0.29, 0.717) is 17.7 Å². The van der Waals surface area contributed by atoms with Gasteiger partial charge in [0.1, 0.15) is 0 Å². The highest BCUT2D eigenvalue weighted by Gasteiger charge is 2.01. The largest absolute Gasteiger partial charge is 0.436 e. The van der Waals surface area contributed by atoms with Gasteiger partial charge in [0.05, 0.1) is 12.4 Å². The fraction of sp³-hybridized carbons (Fsp3) is 0.385. The number of pyridine rings is 1. The number of rotatable bonds is 5. The number of hydrogen-bond acceptors (Lipinski definition) is 4. The molecule has 0 atom stereocenters. The third-order valence-electron chi connectivity index (χ3n) is 2.42. The highest BCUT2D eigenvalue weighted by molar-refractivity contribution is 5.23. The first-order valence-corrected chi connectivity index (χ1v) is 5.98. The molecule has 0 fully saturated rings. The van der Waals surface area contributed by atoms with Gasteiger partial charge >= 0.3 is 0 Å². The minimum absolute atomic E-state index is 0.469. The van der Waals surface area contributed by atoms with Crippen molar-refractivity contribution in [3.8, 4) is 11.6 Å². The zero-order valence-corrected chi connectivity index (χ0v) is 10.9. The molecule has 2 rings (SSSR count). The molecule has 0 aliphatic rings. The van der Waals surface area contributed by atoms with Crippen LogP contribution in [0.25, 0.3) is 0 Å². The van der Waals surface area contributed by atoms with E-state index in [1.165, 1.54) is 0 Å². The Labute approximate surface area is 107 Å². The van der Waals surface area contributed by atoms with Crippen molar-refractivity contribution in [2.45, 2.75) is 26.4 Å². The van der Waals surface area contributed by atoms with Gasteiger partial charge in [0.25, 0.3) is 0 Å². The first-order valence-electron chi connectivity index (χ1n) is 5.98. The summed E-state index contributed by atoms with van der Waals surface area (Å²) in [6.07, 6.45) is 5.28. The number of nitrogens with one attached hydrogen (secondary N) is 1. The van der Waals surface area contributed by atoms with Crippen LogP contribution in [-0.2, 0) is 13.6 Å². The van der Waals surface area contributed by atoms with E-state index in [1.54, 1.807) is 17.1 Å². The maximum Gasteiger partial charge on any atom is 0.219 e. The predicted molar refractivity (Wildman–Crippen MR) is 69.5 cm³/mol. The van der Waals surface area contributed by atoms with Gasteiger partial charge in [-0.1, -0.05) is 19.9 Å². The molecule has 0 radical (unpaired) electrons. The van der Waals surface area contributed by atoms with Crippen molar-refractivity contribution in [1.29, 1.82) is 0 Å². The van der Waals surface area contributed by atoms with Gasteiger partial charge < -0.3 is 10.1 Å². The minimum atomic E-state index is 0.469. The molecule has 0 aliphatic carbocycles. The average molecular weight is 246 g/mol. The lowest BCUT2D eigenvalue weighted by molar-refractivity contribution is 0.461. The molecule has 18 heavy (non-hydrogen) atoms. The number of aryl methyl sites for hydroxylation is 1. The lowest BCUT2D eigenvalue weighted by Crippen LogP contribution is -2.21. The maximum atomic E-state index is 5.56. The van der Waals surface area contributed by atoms with Crippen LogP contribution in [0.2, 0.25) is 0 Å². The van der Waals surface area contributed by atoms with E-state index in [-0.39, 0.29) is 0 Å². The molecule has 5 nitrogen and oxygen atoms in total. The Balaban J connectivity index is 1.95. The van der Waals surface area contributed by atoms with Gasteiger partial charge in [-0.05, 0) is 5.56 Å². The summed E-state index contributed by atoms with van der Waals surface area (Å²) in [5.74, 6) is 1.27. The van der Waals surface area contributed by atoms with E-state index >= 15 is 0 Å². The second-order valence-electron chi connectivity index (χ2n) is 4.49. The molecule has 0 bridgehead atoms. The molecule has 0 saturated carbocycles. The monoisotopic (exact) mass is 246 g/mol. The van der Waals surface area contributed by atoms with E-state index in [1.807, 2.05) is 25.4 Å². The van der Waals surface area contributed by atoms with Crippen LogP contribution in [0.15, 0.2) is 30.7 Å². The van der Waals surface area contributed by atoms with Gasteiger partial charge in [0, 0.05) is 31.9 Å². The molecular weight excluding hydrogens is 228 g/mol. The van der Waals surface area contributed by atoms with Crippen LogP contribution in [0, 0.1) is 0 Å².